The molecule has 4 heteroatoms. The van der Waals surface area contributed by atoms with Crippen molar-refractivity contribution in [1.29, 1.82) is 0 Å². The molecule has 0 saturated carbocycles. The van der Waals surface area contributed by atoms with Gasteiger partial charge in [-0.1, -0.05) is 13.8 Å². The van der Waals surface area contributed by atoms with E-state index in [0.29, 0.717) is 24.9 Å². The van der Waals surface area contributed by atoms with Gasteiger partial charge in [-0.05, 0) is 24.7 Å². The molecule has 0 spiro atoms. The van der Waals surface area contributed by atoms with Gasteiger partial charge >= 0.3 is 0 Å². The predicted octanol–water partition coefficient (Wildman–Crippen LogP) is 0.855. The van der Waals surface area contributed by atoms with Crippen LogP contribution >= 0.6 is 0 Å². The zero-order valence-electron chi connectivity index (χ0n) is 10.6. The number of hydrogen-bond donors (Lipinski definition) is 1. The highest BCUT2D eigenvalue weighted by Crippen LogP contribution is 2.23. The van der Waals surface area contributed by atoms with Crippen LogP contribution in [0, 0.1) is 11.8 Å². The summed E-state index contributed by atoms with van der Waals surface area (Å²) in [5, 5.41) is 0. The first-order chi connectivity index (χ1) is 7.56. The number of hydrogen-bond acceptors (Lipinski definition) is 3. The van der Waals surface area contributed by atoms with E-state index >= 15 is 0 Å². The predicted molar refractivity (Wildman–Crippen MR) is 64.0 cm³/mol. The smallest absolute Gasteiger partial charge is 0.239 e. The van der Waals surface area contributed by atoms with E-state index < -0.39 is 6.04 Å². The first-order valence-electron chi connectivity index (χ1n) is 6.09. The largest absolute Gasteiger partial charge is 0.385 e. The lowest BCUT2D eigenvalue weighted by molar-refractivity contribution is -0.132. The Morgan fingerprint density at radius 2 is 2.25 bits per heavy atom. The number of methoxy groups -OCH3 is 1. The van der Waals surface area contributed by atoms with E-state index in [1.807, 2.05) is 4.90 Å². The molecule has 1 saturated heterocycles. The first kappa shape index (κ1) is 13.5. The molecule has 1 rings (SSSR count). The third kappa shape index (κ3) is 3.46. The van der Waals surface area contributed by atoms with Crippen LogP contribution in [0.5, 0.6) is 0 Å². The fraction of sp³-hybridized carbons (Fsp3) is 0.917. The van der Waals surface area contributed by atoms with E-state index in [1.165, 1.54) is 0 Å². The Morgan fingerprint density at radius 3 is 2.75 bits per heavy atom. The van der Waals surface area contributed by atoms with Crippen molar-refractivity contribution in [2.24, 2.45) is 17.6 Å². The van der Waals surface area contributed by atoms with Crippen molar-refractivity contribution in [2.75, 3.05) is 26.8 Å². The van der Waals surface area contributed by atoms with Gasteiger partial charge in [0.2, 0.25) is 5.91 Å². The molecule has 0 bridgehead atoms. The molecule has 1 aliphatic rings. The highest BCUT2D eigenvalue weighted by atomic mass is 16.5. The second-order valence-electron chi connectivity index (χ2n) is 4.96. The number of carbonyl (C=O) groups is 1. The average Bonchev–Trinajstić information content (AvgIpc) is 2.74. The fourth-order valence-corrected chi connectivity index (χ4v) is 2.13. The molecule has 0 aliphatic carbocycles. The van der Waals surface area contributed by atoms with Crippen molar-refractivity contribution in [3.05, 3.63) is 0 Å². The Labute approximate surface area is 98.1 Å². The summed E-state index contributed by atoms with van der Waals surface area (Å²) in [6.07, 6.45) is 1.72. The standard InChI is InChI=1S/C12H24N2O2/c1-9(2)10-4-6-14(8-10)12(15)11(13)5-7-16-3/h9-11H,4-8,13H2,1-3H3. The molecule has 1 heterocycles. The summed E-state index contributed by atoms with van der Waals surface area (Å²) in [5.74, 6) is 1.37. The van der Waals surface area contributed by atoms with Crippen LogP contribution in [0.2, 0.25) is 0 Å². The molecule has 1 amide bonds. The molecule has 2 unspecified atom stereocenters. The van der Waals surface area contributed by atoms with Crippen LogP contribution in [0.3, 0.4) is 0 Å². The average molecular weight is 228 g/mol. The minimum absolute atomic E-state index is 0.0835. The Hall–Kier alpha value is -0.610. The number of carbonyl (C=O) groups excluding carboxylic acids is 1. The molecule has 2 atom stereocenters. The second kappa shape index (κ2) is 6.21. The topological polar surface area (TPSA) is 55.6 Å². The van der Waals surface area contributed by atoms with Crippen molar-refractivity contribution in [2.45, 2.75) is 32.7 Å². The maximum absolute atomic E-state index is 12.0. The van der Waals surface area contributed by atoms with Gasteiger partial charge < -0.3 is 15.4 Å². The zero-order chi connectivity index (χ0) is 12.1. The monoisotopic (exact) mass is 228 g/mol. The summed E-state index contributed by atoms with van der Waals surface area (Å²) in [6.45, 7) is 6.71. The van der Waals surface area contributed by atoms with Crippen LogP contribution in [0.15, 0.2) is 0 Å². The Bertz CT molecular complexity index is 231. The number of rotatable bonds is 5. The van der Waals surface area contributed by atoms with Crippen LogP contribution in [0.1, 0.15) is 26.7 Å². The van der Waals surface area contributed by atoms with Gasteiger partial charge in [-0.2, -0.15) is 0 Å². The molecule has 2 N–H and O–H groups in total. The lowest BCUT2D eigenvalue weighted by atomic mass is 9.95. The van der Waals surface area contributed by atoms with Gasteiger partial charge in [0.1, 0.15) is 0 Å². The molecule has 0 aromatic rings. The van der Waals surface area contributed by atoms with Crippen molar-refractivity contribution >= 4 is 5.91 Å². The van der Waals surface area contributed by atoms with E-state index in [-0.39, 0.29) is 5.91 Å². The number of ether oxygens (including phenoxy) is 1. The molecule has 16 heavy (non-hydrogen) atoms. The third-order valence-corrected chi connectivity index (χ3v) is 3.43. The van der Waals surface area contributed by atoms with Gasteiger partial charge in [0.05, 0.1) is 6.04 Å². The highest BCUT2D eigenvalue weighted by molar-refractivity contribution is 5.81. The van der Waals surface area contributed by atoms with Crippen LogP contribution in [-0.2, 0) is 9.53 Å². The quantitative estimate of drug-likeness (QED) is 0.759. The maximum Gasteiger partial charge on any atom is 0.239 e. The summed E-state index contributed by atoms with van der Waals surface area (Å²) in [7, 11) is 1.63. The molecule has 4 nitrogen and oxygen atoms in total. The number of likely N-dealkylation sites (tertiary alicyclic amines) is 1. The van der Waals surface area contributed by atoms with Crippen molar-refractivity contribution in [3.63, 3.8) is 0 Å². The van der Waals surface area contributed by atoms with E-state index in [1.54, 1.807) is 7.11 Å². The molecular formula is C12H24N2O2. The molecule has 0 radical (unpaired) electrons. The fourth-order valence-electron chi connectivity index (χ4n) is 2.13. The van der Waals surface area contributed by atoms with E-state index in [2.05, 4.69) is 13.8 Å². The van der Waals surface area contributed by atoms with Gasteiger partial charge in [0.15, 0.2) is 0 Å². The highest BCUT2D eigenvalue weighted by Gasteiger charge is 2.30. The van der Waals surface area contributed by atoms with Crippen LogP contribution < -0.4 is 5.73 Å². The van der Waals surface area contributed by atoms with Gasteiger partial charge in [-0.25, -0.2) is 0 Å². The Kier molecular flexibility index (Phi) is 5.22. The first-order valence-corrected chi connectivity index (χ1v) is 6.09. The maximum atomic E-state index is 12.0. The van der Waals surface area contributed by atoms with E-state index in [9.17, 15) is 4.79 Å². The lowest BCUT2D eigenvalue weighted by Crippen LogP contribution is -2.43. The van der Waals surface area contributed by atoms with Crippen molar-refractivity contribution in [1.82, 2.24) is 4.90 Å². The van der Waals surface area contributed by atoms with Crippen LogP contribution in [0.4, 0.5) is 0 Å². The summed E-state index contributed by atoms with van der Waals surface area (Å²) in [4.78, 5) is 13.9. The van der Waals surface area contributed by atoms with E-state index in [4.69, 9.17) is 10.5 Å². The molecule has 94 valence electrons. The van der Waals surface area contributed by atoms with Crippen LogP contribution in [-0.4, -0.2) is 43.7 Å². The van der Waals surface area contributed by atoms with Crippen molar-refractivity contribution < 1.29 is 9.53 Å². The SMILES string of the molecule is COCCC(N)C(=O)N1CCC(C(C)C)C1. The Morgan fingerprint density at radius 1 is 1.56 bits per heavy atom. The molecule has 0 aromatic carbocycles. The minimum atomic E-state index is -0.397. The molecule has 1 aliphatic heterocycles. The lowest BCUT2D eigenvalue weighted by Gasteiger charge is -2.21. The second-order valence-corrected chi connectivity index (χ2v) is 4.96. The minimum Gasteiger partial charge on any atom is -0.385 e. The van der Waals surface area contributed by atoms with Gasteiger partial charge in [0, 0.05) is 26.8 Å². The summed E-state index contributed by atoms with van der Waals surface area (Å²) in [5.41, 5.74) is 5.83. The number of amides is 1. The molecular weight excluding hydrogens is 204 g/mol. The molecule has 1 fully saturated rings. The summed E-state index contributed by atoms with van der Waals surface area (Å²) in [6, 6.07) is -0.397. The van der Waals surface area contributed by atoms with Crippen molar-refractivity contribution in [3.8, 4) is 0 Å². The number of nitrogens with zero attached hydrogens (tertiary/aromatic N) is 1. The van der Waals surface area contributed by atoms with Crippen LogP contribution in [0.25, 0.3) is 0 Å². The zero-order valence-corrected chi connectivity index (χ0v) is 10.6. The summed E-state index contributed by atoms with van der Waals surface area (Å²) < 4.78 is 4.93. The van der Waals surface area contributed by atoms with Gasteiger partial charge in [-0.3, -0.25) is 4.79 Å². The van der Waals surface area contributed by atoms with Gasteiger partial charge in [0.25, 0.3) is 0 Å². The molecule has 0 aromatic heterocycles. The number of nitrogens with two attached hydrogens (primary N) is 1. The Balaban J connectivity index is 2.38. The third-order valence-electron chi connectivity index (χ3n) is 3.43. The summed E-state index contributed by atoms with van der Waals surface area (Å²) >= 11 is 0. The normalized spacial score (nSPS) is 22.8. The van der Waals surface area contributed by atoms with E-state index in [0.717, 1.165) is 19.5 Å². The van der Waals surface area contributed by atoms with Gasteiger partial charge in [-0.15, -0.1) is 0 Å².